The zero-order valence-corrected chi connectivity index (χ0v) is 45.1. The molecule has 12 aromatic carbocycles. The normalized spacial score (nSPS) is 12.4. The van der Waals surface area contributed by atoms with E-state index in [2.05, 4.69) is 309 Å². The van der Waals surface area contributed by atoms with Crippen LogP contribution in [0, 0.1) is 0 Å². The summed E-state index contributed by atoms with van der Waals surface area (Å²) in [6.07, 6.45) is 0. The monoisotopic (exact) mass is 1060 g/mol. The first-order valence-electron chi connectivity index (χ1n) is 27.9. The molecule has 0 atom stereocenters. The first kappa shape index (κ1) is 46.4. The fraction of sp³-hybridized carbons (Fsp3) is 0. The summed E-state index contributed by atoms with van der Waals surface area (Å²) >= 11 is 0. The molecule has 5 nitrogen and oxygen atoms in total. The highest BCUT2D eigenvalue weighted by Crippen LogP contribution is 2.49. The Morgan fingerprint density at radius 3 is 0.793 bits per heavy atom. The minimum absolute atomic E-state index is 0.813. The van der Waals surface area contributed by atoms with Crippen LogP contribution in [0.3, 0.4) is 0 Å². The van der Waals surface area contributed by atoms with E-state index in [4.69, 9.17) is 0 Å². The number of nitrogens with zero attached hydrogens (tertiary/aromatic N) is 4. The summed E-state index contributed by atoms with van der Waals surface area (Å²) in [5.41, 5.74) is 22.0. The van der Waals surface area contributed by atoms with Crippen LogP contribution in [0.4, 0.5) is 0 Å². The first-order chi connectivity index (χ1) is 40.6. The zero-order valence-electron chi connectivity index (χ0n) is 44.3. The van der Waals surface area contributed by atoms with Gasteiger partial charge in [-0.3, -0.25) is 18.3 Å². The van der Waals surface area contributed by atoms with Gasteiger partial charge in [0.15, 0.2) is 0 Å². The van der Waals surface area contributed by atoms with Gasteiger partial charge in [-0.05, 0) is 154 Å². The molecule has 1 aliphatic heterocycles. The maximum Gasteiger partial charge on any atom is 0.131 e. The fourth-order valence-electron chi connectivity index (χ4n) is 13.2. The van der Waals surface area contributed by atoms with Crippen LogP contribution in [0.25, 0.3) is 144 Å². The minimum atomic E-state index is -1.40. The largest absolute Gasteiger partial charge is 0.295 e. The van der Waals surface area contributed by atoms with Gasteiger partial charge in [0.05, 0.1) is 42.7 Å². The molecule has 0 N–H and O–H groups in total. The van der Waals surface area contributed by atoms with Gasteiger partial charge in [0.25, 0.3) is 0 Å². The smallest absolute Gasteiger partial charge is 0.131 e. The van der Waals surface area contributed by atoms with Crippen molar-refractivity contribution >= 4 is 76.5 Å². The van der Waals surface area contributed by atoms with E-state index >= 15 is 0 Å². The third-order valence-corrected chi connectivity index (χ3v) is 18.4. The Balaban J connectivity index is 0.924. The Kier molecular flexibility index (Phi) is 10.3. The van der Waals surface area contributed by atoms with Crippen molar-refractivity contribution in [1.82, 2.24) is 18.3 Å². The Labute approximate surface area is 475 Å². The highest BCUT2D eigenvalue weighted by Gasteiger charge is 2.31. The van der Waals surface area contributed by atoms with Gasteiger partial charge in [-0.2, -0.15) is 0 Å². The maximum atomic E-state index is 15.0. The zero-order chi connectivity index (χ0) is 54.0. The van der Waals surface area contributed by atoms with Crippen LogP contribution in [-0.2, 0) is 10.8 Å². The van der Waals surface area contributed by atoms with Crippen molar-refractivity contribution in [3.8, 4) is 78.4 Å². The molecule has 0 saturated carbocycles. The van der Waals surface area contributed by atoms with Crippen LogP contribution in [0.5, 0.6) is 0 Å². The predicted molar refractivity (Wildman–Crippen MR) is 341 cm³/mol. The van der Waals surface area contributed by atoms with Gasteiger partial charge in [0.2, 0.25) is 0 Å². The van der Waals surface area contributed by atoms with Gasteiger partial charge in [-0.15, -0.1) is 0 Å². The standard InChI is InChI=1S/C76H48N4OS/c81-82-71-41-35-59(79-69-39-33-55(51-23-11-3-12-24-51)45-65(69)73-63-43-53(49-19-7-1-8-20-49)31-37-67(63)77(75(73)79)57-27-15-5-16-28-57)47-61(71)62-48-60(36-42-72(62)82)80-70-40-34-56(52-25-13-4-14-26-52)46-66(70)74-64-44-54(50-21-9-2-10-22-50)32-38-68(64)78(76(74)80)58-29-17-6-18-30-58/h1-48H. The number of rotatable bonds is 8. The van der Waals surface area contributed by atoms with Crippen molar-refractivity contribution in [3.63, 3.8) is 0 Å². The number of aromatic nitrogens is 4. The fourth-order valence-corrected chi connectivity index (χ4v) is 14.6. The molecule has 0 fully saturated rings. The van der Waals surface area contributed by atoms with Gasteiger partial charge in [0.1, 0.15) is 11.3 Å². The lowest BCUT2D eigenvalue weighted by Crippen LogP contribution is -2.02. The summed E-state index contributed by atoms with van der Waals surface area (Å²) in [4.78, 5) is 1.63. The average Bonchev–Trinajstić information content (AvgIpc) is 2.38. The van der Waals surface area contributed by atoms with Crippen LogP contribution in [0.1, 0.15) is 0 Å². The van der Waals surface area contributed by atoms with E-state index in [1.165, 1.54) is 43.8 Å². The summed E-state index contributed by atoms with van der Waals surface area (Å²) in [7, 11) is -1.40. The summed E-state index contributed by atoms with van der Waals surface area (Å²) in [5.74, 6) is 0. The molecule has 5 heterocycles. The van der Waals surface area contributed by atoms with Crippen LogP contribution in [0.15, 0.2) is 301 Å². The topological polar surface area (TPSA) is 36.8 Å². The molecular weight excluding hydrogens is 1020 g/mol. The van der Waals surface area contributed by atoms with Crippen molar-refractivity contribution in [3.05, 3.63) is 291 Å². The molecule has 0 saturated heterocycles. The van der Waals surface area contributed by atoms with Gasteiger partial charge in [0, 0.05) is 66.2 Å². The number of benzene rings is 12. The predicted octanol–water partition coefficient (Wildman–Crippen LogP) is 19.6. The number of hydrogen-bond donors (Lipinski definition) is 0. The highest BCUT2D eigenvalue weighted by atomic mass is 32.2. The van der Waals surface area contributed by atoms with E-state index in [0.717, 1.165) is 110 Å². The van der Waals surface area contributed by atoms with Crippen molar-refractivity contribution in [2.45, 2.75) is 9.79 Å². The number of fused-ring (bicyclic) bond motifs is 13. The molecule has 0 unspecified atom stereocenters. The molecule has 4 aromatic heterocycles. The lowest BCUT2D eigenvalue weighted by Gasteiger charge is -2.15. The highest BCUT2D eigenvalue weighted by molar-refractivity contribution is 7.85. The maximum absolute atomic E-state index is 15.0. The molecule has 6 heteroatoms. The summed E-state index contributed by atoms with van der Waals surface area (Å²) < 4.78 is 24.7. The van der Waals surface area contributed by atoms with Crippen LogP contribution >= 0.6 is 0 Å². The van der Waals surface area contributed by atoms with Crippen LogP contribution in [-0.4, -0.2) is 22.5 Å². The van der Waals surface area contributed by atoms with E-state index in [0.29, 0.717) is 0 Å². The molecule has 16 aromatic rings. The second kappa shape index (κ2) is 18.3. The molecule has 0 bridgehead atoms. The Hall–Kier alpha value is -10.5. The second-order valence-corrected chi connectivity index (χ2v) is 22.8. The molecule has 0 radical (unpaired) electrons. The van der Waals surface area contributed by atoms with Gasteiger partial charge >= 0.3 is 0 Å². The summed E-state index contributed by atoms with van der Waals surface area (Å²) in [5, 5.41) is 7.04. The quantitative estimate of drug-likeness (QED) is 0.149. The minimum Gasteiger partial charge on any atom is -0.295 e. The lowest BCUT2D eigenvalue weighted by molar-refractivity contribution is 0.685. The third-order valence-electron chi connectivity index (χ3n) is 16.9. The molecule has 1 aliphatic rings. The third kappa shape index (κ3) is 7.01. The summed E-state index contributed by atoms with van der Waals surface area (Å²) in [6, 6.07) is 105. The van der Waals surface area contributed by atoms with Crippen molar-refractivity contribution in [1.29, 1.82) is 0 Å². The van der Waals surface area contributed by atoms with Crippen molar-refractivity contribution in [2.24, 2.45) is 0 Å². The van der Waals surface area contributed by atoms with E-state index in [-0.39, 0.29) is 0 Å². The Bertz CT molecular complexity index is 4920. The SMILES string of the molecule is O=S1c2ccc(-n3c4ccc(-c5ccccc5)cc4c4c5cc(-c6ccccc6)ccc5n(-c5ccccc5)c43)cc2-c2cc(-n3c4ccc(-c5ccccc5)cc4c4c5cc(-c6ccccc6)ccc5n(-c5ccccc5)c43)ccc21. The Morgan fingerprint density at radius 1 is 0.232 bits per heavy atom. The average molecular weight is 1070 g/mol. The Morgan fingerprint density at radius 2 is 0.500 bits per heavy atom. The number of hydrogen-bond acceptors (Lipinski definition) is 1. The first-order valence-corrected chi connectivity index (χ1v) is 29.1. The number of para-hydroxylation sites is 2. The van der Waals surface area contributed by atoms with Crippen molar-refractivity contribution in [2.75, 3.05) is 0 Å². The van der Waals surface area contributed by atoms with Crippen molar-refractivity contribution < 1.29 is 4.21 Å². The molecule has 0 aliphatic carbocycles. The molecule has 0 amide bonds. The van der Waals surface area contributed by atoms with E-state index in [1.54, 1.807) is 0 Å². The van der Waals surface area contributed by atoms with Crippen LogP contribution in [0.2, 0.25) is 0 Å². The molecular formula is C76H48N4OS. The molecule has 384 valence electrons. The van der Waals surface area contributed by atoms with Gasteiger partial charge in [-0.1, -0.05) is 182 Å². The van der Waals surface area contributed by atoms with Gasteiger partial charge < -0.3 is 0 Å². The van der Waals surface area contributed by atoms with Gasteiger partial charge in [-0.25, -0.2) is 4.21 Å². The second-order valence-electron chi connectivity index (χ2n) is 21.4. The molecule has 0 spiro atoms. The summed E-state index contributed by atoms with van der Waals surface area (Å²) in [6.45, 7) is 0. The van der Waals surface area contributed by atoms with Crippen LogP contribution < -0.4 is 0 Å². The lowest BCUT2D eigenvalue weighted by atomic mass is 10.0. The van der Waals surface area contributed by atoms with E-state index in [1.807, 2.05) is 0 Å². The van der Waals surface area contributed by atoms with E-state index in [9.17, 15) is 4.21 Å². The van der Waals surface area contributed by atoms with E-state index < -0.39 is 10.8 Å². The molecule has 17 rings (SSSR count). The molecule has 82 heavy (non-hydrogen) atoms.